The molecule has 0 aromatic rings. The summed E-state index contributed by atoms with van der Waals surface area (Å²) in [6.45, 7) is 9.60. The highest BCUT2D eigenvalue weighted by molar-refractivity contribution is 4.92. The first-order valence-corrected chi connectivity index (χ1v) is 4.70. The van der Waals surface area contributed by atoms with E-state index in [1.54, 1.807) is 0 Å². The topological polar surface area (TPSA) is 23.5 Å². The predicted molar refractivity (Wildman–Crippen MR) is 51.1 cm³/mol. The van der Waals surface area contributed by atoms with Crippen LogP contribution in [0, 0.1) is 5.92 Å². The van der Waals surface area contributed by atoms with Crippen molar-refractivity contribution in [2.24, 2.45) is 5.92 Å². The lowest BCUT2D eigenvalue weighted by molar-refractivity contribution is 0.138. The molecule has 0 aromatic carbocycles. The molecule has 0 unspecified atom stereocenters. The second-order valence-corrected chi connectivity index (χ2v) is 3.86. The van der Waals surface area contributed by atoms with E-state index in [1.807, 2.05) is 0 Å². The second kappa shape index (κ2) is 4.63. The fourth-order valence-corrected chi connectivity index (χ4v) is 1.71. The van der Waals surface area contributed by atoms with E-state index in [1.165, 1.54) is 5.57 Å². The molecule has 0 spiro atoms. The van der Waals surface area contributed by atoms with Gasteiger partial charge in [-0.05, 0) is 38.8 Å². The summed E-state index contributed by atoms with van der Waals surface area (Å²) in [4.78, 5) is 2.41. The van der Waals surface area contributed by atoms with Crippen LogP contribution in [-0.4, -0.2) is 36.2 Å². The molecule has 0 saturated carbocycles. The molecule has 0 atom stereocenters. The Labute approximate surface area is 74.9 Å². The van der Waals surface area contributed by atoms with Gasteiger partial charge in [0, 0.05) is 13.2 Å². The maximum atomic E-state index is 8.92. The Hall–Kier alpha value is -0.340. The average Bonchev–Trinajstić information content (AvgIpc) is 2.05. The molecule has 1 heterocycles. The van der Waals surface area contributed by atoms with Gasteiger partial charge in [0.2, 0.25) is 0 Å². The molecule has 0 aliphatic carbocycles. The van der Waals surface area contributed by atoms with Crippen molar-refractivity contribution >= 4 is 0 Å². The molecule has 0 bridgehead atoms. The first-order chi connectivity index (χ1) is 5.72. The van der Waals surface area contributed by atoms with Crippen LogP contribution < -0.4 is 0 Å². The van der Waals surface area contributed by atoms with Crippen LogP contribution in [0.25, 0.3) is 0 Å². The molecule has 2 nitrogen and oxygen atoms in total. The molecule has 1 aliphatic heterocycles. The van der Waals surface area contributed by atoms with Gasteiger partial charge >= 0.3 is 0 Å². The maximum absolute atomic E-state index is 8.92. The summed E-state index contributed by atoms with van der Waals surface area (Å²) in [5, 5.41) is 8.92. The quantitative estimate of drug-likeness (QED) is 0.643. The Morgan fingerprint density at radius 1 is 1.50 bits per heavy atom. The van der Waals surface area contributed by atoms with E-state index in [0.29, 0.717) is 12.5 Å². The van der Waals surface area contributed by atoms with E-state index >= 15 is 0 Å². The lowest BCUT2D eigenvalue weighted by Gasteiger charge is -2.30. The Bertz CT molecular complexity index is 148. The van der Waals surface area contributed by atoms with Crippen LogP contribution in [0.15, 0.2) is 12.2 Å². The van der Waals surface area contributed by atoms with Gasteiger partial charge in [-0.2, -0.15) is 0 Å². The van der Waals surface area contributed by atoms with Crippen LogP contribution in [0.5, 0.6) is 0 Å². The van der Waals surface area contributed by atoms with Crippen molar-refractivity contribution in [1.29, 1.82) is 0 Å². The minimum Gasteiger partial charge on any atom is -0.396 e. The molecule has 1 N–H and O–H groups in total. The van der Waals surface area contributed by atoms with Gasteiger partial charge in [0.15, 0.2) is 0 Å². The first-order valence-electron chi connectivity index (χ1n) is 4.70. The normalized spacial score (nSPS) is 21.2. The lowest BCUT2D eigenvalue weighted by Crippen LogP contribution is -2.35. The maximum Gasteiger partial charge on any atom is 0.0460 e. The van der Waals surface area contributed by atoms with Crippen molar-refractivity contribution < 1.29 is 5.11 Å². The number of hydrogen-bond acceptors (Lipinski definition) is 2. The van der Waals surface area contributed by atoms with Gasteiger partial charge in [0.05, 0.1) is 0 Å². The Morgan fingerprint density at radius 3 is 2.50 bits per heavy atom. The smallest absolute Gasteiger partial charge is 0.0460 e. The van der Waals surface area contributed by atoms with E-state index in [2.05, 4.69) is 18.4 Å². The van der Waals surface area contributed by atoms with Crippen LogP contribution in [0.1, 0.15) is 19.8 Å². The molecule has 1 rings (SSSR count). The summed E-state index contributed by atoms with van der Waals surface area (Å²) in [6.07, 6.45) is 2.29. The van der Waals surface area contributed by atoms with Crippen LogP contribution in [0.4, 0.5) is 0 Å². The van der Waals surface area contributed by atoms with Crippen molar-refractivity contribution in [1.82, 2.24) is 4.90 Å². The van der Waals surface area contributed by atoms with E-state index in [-0.39, 0.29) is 0 Å². The Balaban J connectivity index is 2.21. The molecule has 1 aliphatic rings. The predicted octanol–water partition coefficient (Wildman–Crippen LogP) is 1.27. The van der Waals surface area contributed by atoms with Gasteiger partial charge in [0.1, 0.15) is 0 Å². The molecule has 12 heavy (non-hydrogen) atoms. The number of aliphatic hydroxyl groups excluding tert-OH is 1. The van der Waals surface area contributed by atoms with Gasteiger partial charge in [-0.3, -0.25) is 4.90 Å². The zero-order valence-electron chi connectivity index (χ0n) is 7.92. The summed E-state index contributed by atoms with van der Waals surface area (Å²) in [6, 6.07) is 0. The van der Waals surface area contributed by atoms with Gasteiger partial charge in [-0.15, -0.1) is 0 Å². The highest BCUT2D eigenvalue weighted by Crippen LogP contribution is 2.16. The minimum atomic E-state index is 0.362. The fraction of sp³-hybridized carbons (Fsp3) is 0.800. The number of rotatable bonds is 3. The van der Waals surface area contributed by atoms with E-state index in [4.69, 9.17) is 5.11 Å². The van der Waals surface area contributed by atoms with Crippen molar-refractivity contribution in [2.75, 3.05) is 26.2 Å². The van der Waals surface area contributed by atoms with Crippen molar-refractivity contribution in [3.63, 3.8) is 0 Å². The van der Waals surface area contributed by atoms with Gasteiger partial charge in [-0.1, -0.05) is 12.2 Å². The standard InChI is InChI=1S/C10H19NO/c1-9(2)7-11-5-3-10(8-12)4-6-11/h10,12H,1,3-8H2,2H3. The molecular formula is C10H19NO. The molecular weight excluding hydrogens is 150 g/mol. The molecule has 1 fully saturated rings. The molecule has 0 amide bonds. The minimum absolute atomic E-state index is 0.362. The van der Waals surface area contributed by atoms with Crippen LogP contribution in [0.3, 0.4) is 0 Å². The van der Waals surface area contributed by atoms with E-state index in [0.717, 1.165) is 32.5 Å². The van der Waals surface area contributed by atoms with Gasteiger partial charge in [0.25, 0.3) is 0 Å². The number of hydrogen-bond donors (Lipinski definition) is 1. The third-order valence-corrected chi connectivity index (χ3v) is 2.46. The Kier molecular flexibility index (Phi) is 3.76. The monoisotopic (exact) mass is 169 g/mol. The number of nitrogens with zero attached hydrogens (tertiary/aromatic N) is 1. The summed E-state index contributed by atoms with van der Waals surface area (Å²) >= 11 is 0. The van der Waals surface area contributed by atoms with E-state index in [9.17, 15) is 0 Å². The SMILES string of the molecule is C=C(C)CN1CCC(CO)CC1. The number of aliphatic hydroxyl groups is 1. The summed E-state index contributed by atoms with van der Waals surface area (Å²) in [5.41, 5.74) is 1.23. The largest absolute Gasteiger partial charge is 0.396 e. The summed E-state index contributed by atoms with van der Waals surface area (Å²) in [7, 11) is 0. The first kappa shape index (κ1) is 9.75. The third-order valence-electron chi connectivity index (χ3n) is 2.46. The van der Waals surface area contributed by atoms with Gasteiger partial charge < -0.3 is 5.11 Å². The molecule has 2 heteroatoms. The highest BCUT2D eigenvalue weighted by atomic mass is 16.3. The summed E-state index contributed by atoms with van der Waals surface area (Å²) in [5.74, 6) is 0.548. The van der Waals surface area contributed by atoms with Crippen LogP contribution >= 0.6 is 0 Å². The number of piperidine rings is 1. The van der Waals surface area contributed by atoms with Crippen molar-refractivity contribution in [3.8, 4) is 0 Å². The molecule has 0 aromatic heterocycles. The zero-order valence-corrected chi connectivity index (χ0v) is 7.92. The van der Waals surface area contributed by atoms with Crippen molar-refractivity contribution in [3.05, 3.63) is 12.2 Å². The van der Waals surface area contributed by atoms with Crippen LogP contribution in [-0.2, 0) is 0 Å². The zero-order chi connectivity index (χ0) is 8.97. The average molecular weight is 169 g/mol. The van der Waals surface area contributed by atoms with E-state index < -0.39 is 0 Å². The lowest BCUT2D eigenvalue weighted by atomic mass is 9.98. The fourth-order valence-electron chi connectivity index (χ4n) is 1.71. The summed E-state index contributed by atoms with van der Waals surface area (Å²) < 4.78 is 0. The molecule has 0 radical (unpaired) electrons. The third kappa shape index (κ3) is 2.95. The van der Waals surface area contributed by atoms with Crippen molar-refractivity contribution in [2.45, 2.75) is 19.8 Å². The second-order valence-electron chi connectivity index (χ2n) is 3.86. The highest BCUT2D eigenvalue weighted by Gasteiger charge is 2.17. The molecule has 1 saturated heterocycles. The van der Waals surface area contributed by atoms with Gasteiger partial charge in [-0.25, -0.2) is 0 Å². The molecule has 70 valence electrons. The number of likely N-dealkylation sites (tertiary alicyclic amines) is 1. The van der Waals surface area contributed by atoms with Crippen LogP contribution in [0.2, 0.25) is 0 Å². The Morgan fingerprint density at radius 2 is 2.08 bits per heavy atom.